The molecule has 1 saturated heterocycles. The van der Waals surface area contributed by atoms with Gasteiger partial charge in [0, 0.05) is 0 Å². The van der Waals surface area contributed by atoms with Gasteiger partial charge in [-0.15, -0.1) is 0 Å². The molecule has 1 rings (SSSR count). The van der Waals surface area contributed by atoms with Crippen LogP contribution in [0.1, 0.15) is 20.8 Å². The van der Waals surface area contributed by atoms with Gasteiger partial charge in [-0.3, -0.25) is 9.59 Å². The number of imide groups is 1. The highest BCUT2D eigenvalue weighted by atomic mass is 16.2. The maximum absolute atomic E-state index is 10.9. The first-order valence-electron chi connectivity index (χ1n) is 3.26. The molecule has 0 saturated carbocycles. The smallest absolute Gasteiger partial charge is 0.255 e. The van der Waals surface area contributed by atoms with Gasteiger partial charge in [0.25, 0.3) is 11.8 Å². The van der Waals surface area contributed by atoms with E-state index in [0.29, 0.717) is 0 Å². The van der Waals surface area contributed by atoms with Crippen molar-refractivity contribution in [2.45, 2.75) is 20.8 Å². The monoisotopic (exact) mass is 140 g/mol. The summed E-state index contributed by atoms with van der Waals surface area (Å²) in [5.41, 5.74) is -0.572. The molecule has 0 N–H and O–H groups in total. The summed E-state index contributed by atoms with van der Waals surface area (Å²) >= 11 is 0. The van der Waals surface area contributed by atoms with Crippen molar-refractivity contribution in [2.75, 3.05) is 0 Å². The second-order valence-electron chi connectivity index (χ2n) is 3.20. The molecule has 0 aliphatic carbocycles. The van der Waals surface area contributed by atoms with Crippen molar-refractivity contribution in [3.8, 4) is 0 Å². The Balaban J connectivity index is 2.96. The van der Waals surface area contributed by atoms with Crippen molar-refractivity contribution in [3.05, 3.63) is 0 Å². The molecular formula is C7H10NO2. The van der Waals surface area contributed by atoms with Crippen molar-refractivity contribution in [3.63, 3.8) is 0 Å². The highest BCUT2D eigenvalue weighted by molar-refractivity contribution is 6.06. The van der Waals surface area contributed by atoms with Crippen LogP contribution in [0.2, 0.25) is 0 Å². The van der Waals surface area contributed by atoms with E-state index in [4.69, 9.17) is 0 Å². The SMILES string of the molecule is CC1C(=O)[N]C(=O)C1(C)C. The van der Waals surface area contributed by atoms with Crippen LogP contribution in [0, 0.1) is 11.3 Å². The molecule has 55 valence electrons. The van der Waals surface area contributed by atoms with Gasteiger partial charge in [0.05, 0.1) is 11.3 Å². The van der Waals surface area contributed by atoms with E-state index in [9.17, 15) is 9.59 Å². The van der Waals surface area contributed by atoms with Gasteiger partial charge in [0.1, 0.15) is 0 Å². The van der Waals surface area contributed by atoms with E-state index in [2.05, 4.69) is 5.32 Å². The molecule has 0 aromatic carbocycles. The third kappa shape index (κ3) is 0.735. The fourth-order valence-electron chi connectivity index (χ4n) is 0.835. The van der Waals surface area contributed by atoms with E-state index in [-0.39, 0.29) is 17.7 Å². The first-order valence-corrected chi connectivity index (χ1v) is 3.26. The van der Waals surface area contributed by atoms with E-state index in [1.54, 1.807) is 20.8 Å². The maximum Gasteiger partial charge on any atom is 0.255 e. The van der Waals surface area contributed by atoms with E-state index in [1.807, 2.05) is 0 Å². The first kappa shape index (κ1) is 7.25. The summed E-state index contributed by atoms with van der Waals surface area (Å²) in [4.78, 5) is 21.7. The summed E-state index contributed by atoms with van der Waals surface area (Å²) in [6.45, 7) is 5.22. The van der Waals surface area contributed by atoms with Crippen LogP contribution in [0.3, 0.4) is 0 Å². The van der Waals surface area contributed by atoms with Gasteiger partial charge < -0.3 is 0 Å². The maximum atomic E-state index is 10.9. The molecule has 3 nitrogen and oxygen atoms in total. The van der Waals surface area contributed by atoms with Crippen LogP contribution in [0.4, 0.5) is 0 Å². The molecule has 1 aliphatic rings. The lowest BCUT2D eigenvalue weighted by Gasteiger charge is -2.16. The van der Waals surface area contributed by atoms with Crippen LogP contribution in [0.25, 0.3) is 0 Å². The minimum Gasteiger partial charge on any atom is -0.272 e. The number of carbonyl (C=O) groups is 2. The lowest BCUT2D eigenvalue weighted by molar-refractivity contribution is -0.128. The quantitative estimate of drug-likeness (QED) is 0.455. The lowest BCUT2D eigenvalue weighted by Crippen LogP contribution is -2.25. The summed E-state index contributed by atoms with van der Waals surface area (Å²) in [5.74, 6) is -0.819. The summed E-state index contributed by atoms with van der Waals surface area (Å²) in [5, 5.41) is 3.34. The molecule has 1 aliphatic heterocycles. The van der Waals surface area contributed by atoms with Crippen molar-refractivity contribution in [1.82, 2.24) is 5.32 Å². The van der Waals surface area contributed by atoms with Crippen molar-refractivity contribution >= 4 is 11.8 Å². The minimum absolute atomic E-state index is 0.250. The Morgan fingerprint density at radius 2 is 1.90 bits per heavy atom. The third-order valence-electron chi connectivity index (χ3n) is 2.22. The van der Waals surface area contributed by atoms with Gasteiger partial charge in [-0.2, -0.15) is 5.32 Å². The minimum atomic E-state index is -0.572. The van der Waals surface area contributed by atoms with Crippen LogP contribution in [-0.2, 0) is 9.59 Å². The van der Waals surface area contributed by atoms with Crippen LogP contribution < -0.4 is 5.32 Å². The van der Waals surface area contributed by atoms with E-state index in [0.717, 1.165) is 0 Å². The van der Waals surface area contributed by atoms with Gasteiger partial charge in [0.15, 0.2) is 0 Å². The number of nitrogens with zero attached hydrogens (tertiary/aromatic N) is 1. The molecule has 10 heavy (non-hydrogen) atoms. The van der Waals surface area contributed by atoms with Crippen molar-refractivity contribution in [1.29, 1.82) is 0 Å². The van der Waals surface area contributed by atoms with Gasteiger partial charge in [-0.1, -0.05) is 20.8 Å². The Kier molecular flexibility index (Phi) is 1.31. The second kappa shape index (κ2) is 1.81. The van der Waals surface area contributed by atoms with E-state index >= 15 is 0 Å². The molecule has 2 amide bonds. The van der Waals surface area contributed by atoms with Gasteiger partial charge in [-0.25, -0.2) is 0 Å². The Bertz CT molecular complexity index is 196. The molecular weight excluding hydrogens is 130 g/mol. The van der Waals surface area contributed by atoms with Crippen LogP contribution >= 0.6 is 0 Å². The number of hydrogen-bond acceptors (Lipinski definition) is 2. The number of amides is 2. The Labute approximate surface area is 59.8 Å². The standard InChI is InChI=1S/C7H10NO2/c1-4-5(9)8-6(10)7(4,2)3/h4H,1-3H3. The highest BCUT2D eigenvalue weighted by Gasteiger charge is 2.46. The van der Waals surface area contributed by atoms with Gasteiger partial charge in [-0.05, 0) is 0 Å². The highest BCUT2D eigenvalue weighted by Crippen LogP contribution is 2.32. The van der Waals surface area contributed by atoms with E-state index in [1.165, 1.54) is 0 Å². The molecule has 0 spiro atoms. The largest absolute Gasteiger partial charge is 0.272 e. The predicted octanol–water partition coefficient (Wildman–Crippen LogP) is 0.320. The topological polar surface area (TPSA) is 48.2 Å². The van der Waals surface area contributed by atoms with E-state index < -0.39 is 5.41 Å². The average Bonchev–Trinajstić information content (AvgIpc) is 1.97. The Morgan fingerprint density at radius 3 is 2.00 bits per heavy atom. The fourth-order valence-corrected chi connectivity index (χ4v) is 0.835. The lowest BCUT2D eigenvalue weighted by atomic mass is 9.82. The van der Waals surface area contributed by atoms with Gasteiger partial charge in [0.2, 0.25) is 0 Å². The normalized spacial score (nSPS) is 30.5. The Hall–Kier alpha value is -0.860. The zero-order valence-corrected chi connectivity index (χ0v) is 6.34. The summed E-state index contributed by atoms with van der Waals surface area (Å²) in [7, 11) is 0. The predicted molar refractivity (Wildman–Crippen MR) is 35.1 cm³/mol. The second-order valence-corrected chi connectivity index (χ2v) is 3.20. The molecule has 3 heteroatoms. The van der Waals surface area contributed by atoms with Crippen molar-refractivity contribution in [2.24, 2.45) is 11.3 Å². The first-order chi connectivity index (χ1) is 4.46. The average molecular weight is 140 g/mol. The zero-order valence-electron chi connectivity index (χ0n) is 6.34. The molecule has 1 atom stereocenters. The van der Waals surface area contributed by atoms with Crippen molar-refractivity contribution < 1.29 is 9.59 Å². The number of hydrogen-bond donors (Lipinski definition) is 0. The molecule has 1 radical (unpaired) electrons. The molecule has 0 bridgehead atoms. The molecule has 1 unspecified atom stereocenters. The summed E-state index contributed by atoms with van der Waals surface area (Å²) in [6.07, 6.45) is 0. The number of carbonyl (C=O) groups excluding carboxylic acids is 2. The zero-order chi connectivity index (χ0) is 7.94. The van der Waals surface area contributed by atoms with Crippen LogP contribution in [0.5, 0.6) is 0 Å². The molecule has 0 aromatic heterocycles. The summed E-state index contributed by atoms with van der Waals surface area (Å²) < 4.78 is 0. The Morgan fingerprint density at radius 1 is 1.40 bits per heavy atom. The third-order valence-corrected chi connectivity index (χ3v) is 2.22. The van der Waals surface area contributed by atoms with Crippen LogP contribution in [0.15, 0.2) is 0 Å². The fraction of sp³-hybridized carbons (Fsp3) is 0.714. The van der Waals surface area contributed by atoms with Gasteiger partial charge >= 0.3 is 0 Å². The summed E-state index contributed by atoms with van der Waals surface area (Å²) in [6, 6.07) is 0. The molecule has 0 aromatic rings. The van der Waals surface area contributed by atoms with Crippen LogP contribution in [-0.4, -0.2) is 11.8 Å². The molecule has 1 heterocycles. The molecule has 1 fully saturated rings. The number of rotatable bonds is 0.